The quantitative estimate of drug-likeness (QED) is 0.616. The van der Waals surface area contributed by atoms with Gasteiger partial charge in [-0.15, -0.1) is 0 Å². The van der Waals surface area contributed by atoms with E-state index in [-0.39, 0.29) is 0 Å². The normalized spacial score (nSPS) is 9.50. The standard InChI is InChI=1S/C12H14/c1-5-11-7-6-10(4)8-12(11)9(2)3/h5-8H,1-2H2,3-4H3. The van der Waals surface area contributed by atoms with Crippen LogP contribution < -0.4 is 0 Å². The summed E-state index contributed by atoms with van der Waals surface area (Å²) in [6, 6.07) is 6.30. The Morgan fingerprint density at radius 2 is 2.08 bits per heavy atom. The van der Waals surface area contributed by atoms with Gasteiger partial charge in [0.15, 0.2) is 0 Å². The molecule has 0 radical (unpaired) electrons. The molecule has 0 heterocycles. The van der Waals surface area contributed by atoms with Gasteiger partial charge < -0.3 is 0 Å². The molecule has 1 rings (SSSR count). The Kier molecular flexibility index (Phi) is 2.49. The molecule has 62 valence electrons. The zero-order valence-corrected chi connectivity index (χ0v) is 7.72. The third-order valence-corrected chi connectivity index (χ3v) is 1.89. The van der Waals surface area contributed by atoms with Gasteiger partial charge in [0.1, 0.15) is 0 Å². The van der Waals surface area contributed by atoms with Gasteiger partial charge in [0.2, 0.25) is 0 Å². The molecule has 1 aromatic carbocycles. The van der Waals surface area contributed by atoms with Crippen molar-refractivity contribution in [3.8, 4) is 0 Å². The maximum Gasteiger partial charge on any atom is -0.0158 e. The second-order valence-electron chi connectivity index (χ2n) is 3.08. The molecule has 0 aliphatic heterocycles. The van der Waals surface area contributed by atoms with E-state index in [1.807, 2.05) is 13.0 Å². The van der Waals surface area contributed by atoms with Crippen molar-refractivity contribution in [2.24, 2.45) is 0 Å². The number of allylic oxidation sites excluding steroid dienone is 1. The lowest BCUT2D eigenvalue weighted by molar-refractivity contribution is 1.42. The van der Waals surface area contributed by atoms with E-state index in [1.165, 1.54) is 11.1 Å². The summed E-state index contributed by atoms with van der Waals surface area (Å²) in [5.74, 6) is 0. The van der Waals surface area contributed by atoms with Crippen LogP contribution in [0.2, 0.25) is 0 Å². The second kappa shape index (κ2) is 3.40. The molecule has 0 nitrogen and oxygen atoms in total. The molecule has 0 aromatic heterocycles. The molecule has 0 heteroatoms. The summed E-state index contributed by atoms with van der Waals surface area (Å²) in [6.45, 7) is 11.8. The highest BCUT2D eigenvalue weighted by atomic mass is 14.0. The van der Waals surface area contributed by atoms with Crippen molar-refractivity contribution in [1.29, 1.82) is 0 Å². The van der Waals surface area contributed by atoms with Crippen molar-refractivity contribution < 1.29 is 0 Å². The molecule has 0 bridgehead atoms. The summed E-state index contributed by atoms with van der Waals surface area (Å²) in [5.41, 5.74) is 4.71. The molecule has 0 N–H and O–H groups in total. The summed E-state index contributed by atoms with van der Waals surface area (Å²) in [6.07, 6.45) is 1.86. The van der Waals surface area contributed by atoms with Crippen LogP contribution in [0.1, 0.15) is 23.6 Å². The maximum atomic E-state index is 3.93. The SMILES string of the molecule is C=Cc1ccc(C)cc1C(=C)C. The van der Waals surface area contributed by atoms with Crippen LogP contribution in [0, 0.1) is 6.92 Å². The number of rotatable bonds is 2. The third-order valence-electron chi connectivity index (χ3n) is 1.89. The molecule has 1 aromatic rings. The molecule has 0 atom stereocenters. The first-order valence-electron chi connectivity index (χ1n) is 4.04. The van der Waals surface area contributed by atoms with Crippen molar-refractivity contribution in [3.05, 3.63) is 48.0 Å². The van der Waals surface area contributed by atoms with Gasteiger partial charge in [0.25, 0.3) is 0 Å². The lowest BCUT2D eigenvalue weighted by atomic mass is 10.00. The Hall–Kier alpha value is -1.30. The minimum Gasteiger partial charge on any atom is -0.0984 e. The summed E-state index contributed by atoms with van der Waals surface area (Å²) in [4.78, 5) is 0. The average Bonchev–Trinajstić information content (AvgIpc) is 2.04. The molecule has 0 aliphatic rings. The Bertz CT molecular complexity index is 319. The Morgan fingerprint density at radius 3 is 2.58 bits per heavy atom. The highest BCUT2D eigenvalue weighted by Crippen LogP contribution is 2.19. The largest absolute Gasteiger partial charge is 0.0984 e. The lowest BCUT2D eigenvalue weighted by Crippen LogP contribution is -1.85. The highest BCUT2D eigenvalue weighted by Gasteiger charge is 1.98. The predicted octanol–water partition coefficient (Wildman–Crippen LogP) is 3.67. The van der Waals surface area contributed by atoms with Gasteiger partial charge in [0, 0.05) is 0 Å². The number of aryl methyl sites for hydroxylation is 1. The fourth-order valence-corrected chi connectivity index (χ4v) is 1.22. The predicted molar refractivity (Wildman–Crippen MR) is 56.0 cm³/mol. The monoisotopic (exact) mass is 158 g/mol. The Balaban J connectivity index is 3.30. The second-order valence-corrected chi connectivity index (χ2v) is 3.08. The number of benzene rings is 1. The molecule has 12 heavy (non-hydrogen) atoms. The molecular formula is C12H14. The lowest BCUT2D eigenvalue weighted by Gasteiger charge is -2.05. The van der Waals surface area contributed by atoms with Crippen LogP contribution in [0.3, 0.4) is 0 Å². The van der Waals surface area contributed by atoms with Crippen molar-refractivity contribution in [2.45, 2.75) is 13.8 Å². The Morgan fingerprint density at radius 1 is 1.42 bits per heavy atom. The third kappa shape index (κ3) is 1.65. The van der Waals surface area contributed by atoms with E-state index < -0.39 is 0 Å². The van der Waals surface area contributed by atoms with Gasteiger partial charge in [-0.05, 0) is 25.0 Å². The molecule has 0 saturated carbocycles. The van der Waals surface area contributed by atoms with Gasteiger partial charge in [-0.3, -0.25) is 0 Å². The number of hydrogen-bond acceptors (Lipinski definition) is 0. The van der Waals surface area contributed by atoms with Gasteiger partial charge in [-0.25, -0.2) is 0 Å². The summed E-state index contributed by atoms with van der Waals surface area (Å²) >= 11 is 0. The van der Waals surface area contributed by atoms with E-state index in [9.17, 15) is 0 Å². The van der Waals surface area contributed by atoms with Crippen molar-refractivity contribution in [3.63, 3.8) is 0 Å². The number of hydrogen-bond donors (Lipinski definition) is 0. The zero-order chi connectivity index (χ0) is 9.14. The molecule has 0 spiro atoms. The van der Waals surface area contributed by atoms with Crippen LogP contribution in [-0.4, -0.2) is 0 Å². The van der Waals surface area contributed by atoms with Crippen molar-refractivity contribution in [2.75, 3.05) is 0 Å². The minimum atomic E-state index is 1.09. The Labute approximate surface area is 74.2 Å². The average molecular weight is 158 g/mol. The zero-order valence-electron chi connectivity index (χ0n) is 7.72. The minimum absolute atomic E-state index is 1.09. The first-order chi connectivity index (χ1) is 5.65. The molecule has 0 fully saturated rings. The van der Waals surface area contributed by atoms with Gasteiger partial charge in [-0.1, -0.05) is 48.6 Å². The van der Waals surface area contributed by atoms with Crippen molar-refractivity contribution >= 4 is 11.6 Å². The molecule has 0 aliphatic carbocycles. The van der Waals surface area contributed by atoms with E-state index in [0.717, 1.165) is 11.1 Å². The van der Waals surface area contributed by atoms with E-state index in [4.69, 9.17) is 0 Å². The van der Waals surface area contributed by atoms with Crippen LogP contribution in [0.15, 0.2) is 31.4 Å². The van der Waals surface area contributed by atoms with Crippen molar-refractivity contribution in [1.82, 2.24) is 0 Å². The highest BCUT2D eigenvalue weighted by molar-refractivity contribution is 5.71. The van der Waals surface area contributed by atoms with E-state index in [1.54, 1.807) is 0 Å². The van der Waals surface area contributed by atoms with Crippen LogP contribution in [0.25, 0.3) is 11.6 Å². The van der Waals surface area contributed by atoms with Crippen LogP contribution in [0.5, 0.6) is 0 Å². The molecule has 0 saturated heterocycles. The van der Waals surface area contributed by atoms with E-state index in [2.05, 4.69) is 38.3 Å². The smallest absolute Gasteiger partial charge is 0.0158 e. The summed E-state index contributed by atoms with van der Waals surface area (Å²) in [5, 5.41) is 0. The van der Waals surface area contributed by atoms with Gasteiger partial charge in [-0.2, -0.15) is 0 Å². The van der Waals surface area contributed by atoms with Crippen LogP contribution in [0.4, 0.5) is 0 Å². The first kappa shape index (κ1) is 8.79. The van der Waals surface area contributed by atoms with E-state index >= 15 is 0 Å². The van der Waals surface area contributed by atoms with Gasteiger partial charge >= 0.3 is 0 Å². The van der Waals surface area contributed by atoms with Gasteiger partial charge in [0.05, 0.1) is 0 Å². The van der Waals surface area contributed by atoms with Crippen LogP contribution >= 0.6 is 0 Å². The summed E-state index contributed by atoms with van der Waals surface area (Å²) in [7, 11) is 0. The fraction of sp³-hybridized carbons (Fsp3) is 0.167. The molecule has 0 amide bonds. The maximum absolute atomic E-state index is 3.93. The topological polar surface area (TPSA) is 0 Å². The van der Waals surface area contributed by atoms with Crippen LogP contribution in [-0.2, 0) is 0 Å². The first-order valence-corrected chi connectivity index (χ1v) is 4.04. The molecular weight excluding hydrogens is 144 g/mol. The molecule has 0 unspecified atom stereocenters. The summed E-state index contributed by atoms with van der Waals surface area (Å²) < 4.78 is 0. The van der Waals surface area contributed by atoms with E-state index in [0.29, 0.717) is 0 Å². The fourth-order valence-electron chi connectivity index (χ4n) is 1.22.